The maximum absolute atomic E-state index is 12.6. The summed E-state index contributed by atoms with van der Waals surface area (Å²) in [6.07, 6.45) is 0. The van der Waals surface area contributed by atoms with Gasteiger partial charge in [-0.3, -0.25) is 4.79 Å². The number of nitrogens with one attached hydrogen (secondary N) is 2. The Kier molecular flexibility index (Phi) is 6.39. The molecule has 0 bridgehead atoms. The van der Waals surface area contributed by atoms with Crippen molar-refractivity contribution < 1.29 is 17.9 Å². The van der Waals surface area contributed by atoms with Crippen LogP contribution in [0.1, 0.15) is 23.6 Å². The molecule has 2 aromatic rings. The van der Waals surface area contributed by atoms with Crippen molar-refractivity contribution in [3.63, 3.8) is 0 Å². The molecule has 2 rings (SSSR count). The largest absolute Gasteiger partial charge is 0.492 e. The van der Waals surface area contributed by atoms with E-state index in [1.807, 2.05) is 13.8 Å². The number of hydrogen-bond donors (Lipinski definition) is 2. The van der Waals surface area contributed by atoms with Crippen molar-refractivity contribution in [2.24, 2.45) is 0 Å². The van der Waals surface area contributed by atoms with Crippen LogP contribution < -0.4 is 14.8 Å². The first-order chi connectivity index (χ1) is 12.2. The van der Waals surface area contributed by atoms with Gasteiger partial charge in [-0.15, -0.1) is 0 Å². The highest BCUT2D eigenvalue weighted by Crippen LogP contribution is 2.24. The summed E-state index contributed by atoms with van der Waals surface area (Å²) in [6.45, 7) is 7.34. The molecule has 1 amide bonds. The van der Waals surface area contributed by atoms with E-state index in [2.05, 4.69) is 10.0 Å². The van der Waals surface area contributed by atoms with E-state index >= 15 is 0 Å². The van der Waals surface area contributed by atoms with Gasteiger partial charge in [0.15, 0.2) is 0 Å². The minimum atomic E-state index is -3.79. The number of carbonyl (C=O) groups excluding carboxylic acids is 1. The number of aryl methyl sites for hydroxylation is 3. The van der Waals surface area contributed by atoms with Crippen LogP contribution in [0.15, 0.2) is 41.3 Å². The molecular formula is C19H24N2O4S. The number of amides is 1. The summed E-state index contributed by atoms with van der Waals surface area (Å²) in [5.41, 5.74) is 2.79. The molecule has 6 nitrogen and oxygen atoms in total. The summed E-state index contributed by atoms with van der Waals surface area (Å²) >= 11 is 0. The van der Waals surface area contributed by atoms with E-state index in [0.717, 1.165) is 5.56 Å². The summed E-state index contributed by atoms with van der Waals surface area (Å²) in [4.78, 5) is 12.4. The van der Waals surface area contributed by atoms with Gasteiger partial charge in [-0.05, 0) is 51.0 Å². The van der Waals surface area contributed by atoms with Crippen LogP contribution in [0, 0.1) is 20.8 Å². The summed E-state index contributed by atoms with van der Waals surface area (Å²) in [5, 5.41) is 2.67. The third-order valence-corrected chi connectivity index (χ3v) is 5.46. The van der Waals surface area contributed by atoms with E-state index in [1.54, 1.807) is 50.2 Å². The number of sulfonamides is 1. The maximum Gasteiger partial charge on any atom is 0.241 e. The van der Waals surface area contributed by atoms with Crippen molar-refractivity contribution in [2.45, 2.75) is 32.6 Å². The van der Waals surface area contributed by atoms with Crippen molar-refractivity contribution in [3.05, 3.63) is 53.1 Å². The lowest BCUT2D eigenvalue weighted by Gasteiger charge is -2.14. The van der Waals surface area contributed by atoms with E-state index in [-0.39, 0.29) is 11.4 Å². The molecule has 2 N–H and O–H groups in total. The van der Waals surface area contributed by atoms with Gasteiger partial charge in [0, 0.05) is 0 Å². The summed E-state index contributed by atoms with van der Waals surface area (Å²) < 4.78 is 33.0. The van der Waals surface area contributed by atoms with Crippen LogP contribution in [0.25, 0.3) is 0 Å². The first kappa shape index (κ1) is 19.9. The van der Waals surface area contributed by atoms with Crippen molar-refractivity contribution in [3.8, 4) is 5.75 Å². The minimum absolute atomic E-state index is 0.214. The van der Waals surface area contributed by atoms with Gasteiger partial charge >= 0.3 is 0 Å². The van der Waals surface area contributed by atoms with Crippen LogP contribution in [0.2, 0.25) is 0 Å². The number of para-hydroxylation sites is 2. The lowest BCUT2D eigenvalue weighted by Crippen LogP contribution is -2.33. The minimum Gasteiger partial charge on any atom is -0.492 e. The fourth-order valence-electron chi connectivity index (χ4n) is 2.87. The smallest absolute Gasteiger partial charge is 0.241 e. The summed E-state index contributed by atoms with van der Waals surface area (Å²) in [6, 6.07) is 10.6. The standard InChI is InChI=1S/C19H24N2O4S/c1-5-25-17-9-7-6-8-16(17)21-18(22)12-20-26(23,24)19-14(3)10-13(2)11-15(19)4/h6-11,20H,5,12H2,1-4H3,(H,21,22). The second-order valence-electron chi connectivity index (χ2n) is 6.03. The van der Waals surface area contributed by atoms with Gasteiger partial charge in [0.1, 0.15) is 5.75 Å². The van der Waals surface area contributed by atoms with Gasteiger partial charge in [0.2, 0.25) is 15.9 Å². The highest BCUT2D eigenvalue weighted by molar-refractivity contribution is 7.89. The molecule has 26 heavy (non-hydrogen) atoms. The van der Waals surface area contributed by atoms with E-state index in [9.17, 15) is 13.2 Å². The molecule has 0 aromatic heterocycles. The lowest BCUT2D eigenvalue weighted by atomic mass is 10.1. The molecule has 0 saturated heterocycles. The molecule has 2 aromatic carbocycles. The number of anilines is 1. The number of rotatable bonds is 7. The van der Waals surface area contributed by atoms with Crippen molar-refractivity contribution in [1.29, 1.82) is 0 Å². The van der Waals surface area contributed by atoms with Gasteiger partial charge in [-0.25, -0.2) is 13.1 Å². The fraction of sp³-hybridized carbons (Fsp3) is 0.316. The average Bonchev–Trinajstić information content (AvgIpc) is 2.54. The first-order valence-electron chi connectivity index (χ1n) is 8.33. The molecule has 140 valence electrons. The van der Waals surface area contributed by atoms with Gasteiger partial charge in [-0.2, -0.15) is 0 Å². The van der Waals surface area contributed by atoms with Crippen molar-refractivity contribution in [2.75, 3.05) is 18.5 Å². The van der Waals surface area contributed by atoms with Crippen LogP contribution in [0.5, 0.6) is 5.75 Å². The number of benzene rings is 2. The van der Waals surface area contributed by atoms with Crippen LogP contribution in [-0.4, -0.2) is 27.5 Å². The van der Waals surface area contributed by atoms with Gasteiger partial charge in [0.25, 0.3) is 0 Å². The zero-order chi connectivity index (χ0) is 19.3. The fourth-order valence-corrected chi connectivity index (χ4v) is 4.30. The summed E-state index contributed by atoms with van der Waals surface area (Å²) in [7, 11) is -3.79. The molecule has 0 fully saturated rings. The van der Waals surface area contributed by atoms with Gasteiger partial charge in [0.05, 0.1) is 23.7 Å². The normalized spacial score (nSPS) is 11.2. The molecule has 0 aliphatic carbocycles. The Morgan fingerprint density at radius 3 is 2.31 bits per heavy atom. The molecule has 0 saturated carbocycles. The van der Waals surface area contributed by atoms with Crippen LogP contribution in [-0.2, 0) is 14.8 Å². The van der Waals surface area contributed by atoms with Crippen LogP contribution >= 0.6 is 0 Å². The SMILES string of the molecule is CCOc1ccccc1NC(=O)CNS(=O)(=O)c1c(C)cc(C)cc1C. The highest BCUT2D eigenvalue weighted by atomic mass is 32.2. The molecule has 0 radical (unpaired) electrons. The first-order valence-corrected chi connectivity index (χ1v) is 9.82. The third-order valence-electron chi connectivity index (χ3n) is 3.76. The Morgan fingerprint density at radius 1 is 1.08 bits per heavy atom. The second-order valence-corrected chi connectivity index (χ2v) is 7.73. The molecule has 0 unspecified atom stereocenters. The van der Waals surface area contributed by atoms with Crippen molar-refractivity contribution in [1.82, 2.24) is 4.72 Å². The van der Waals surface area contributed by atoms with Gasteiger partial charge < -0.3 is 10.1 Å². The molecule has 0 spiro atoms. The monoisotopic (exact) mass is 376 g/mol. The topological polar surface area (TPSA) is 84.5 Å². The maximum atomic E-state index is 12.6. The Labute approximate surface area is 154 Å². The predicted molar refractivity (Wildman–Crippen MR) is 102 cm³/mol. The lowest BCUT2D eigenvalue weighted by molar-refractivity contribution is -0.115. The van der Waals surface area contributed by atoms with Crippen molar-refractivity contribution >= 4 is 21.6 Å². The third kappa shape index (κ3) is 4.83. The van der Waals surface area contributed by atoms with Gasteiger partial charge in [-0.1, -0.05) is 29.8 Å². The Morgan fingerprint density at radius 2 is 1.69 bits per heavy atom. The molecule has 0 atom stereocenters. The van der Waals surface area contributed by atoms with Crippen LogP contribution in [0.4, 0.5) is 5.69 Å². The van der Waals surface area contributed by atoms with E-state index in [4.69, 9.17) is 4.74 Å². The summed E-state index contributed by atoms with van der Waals surface area (Å²) in [5.74, 6) is 0.0691. The zero-order valence-electron chi connectivity index (χ0n) is 15.4. The Hall–Kier alpha value is -2.38. The molecule has 7 heteroatoms. The highest BCUT2D eigenvalue weighted by Gasteiger charge is 2.21. The Balaban J connectivity index is 2.10. The number of ether oxygens (including phenoxy) is 1. The van der Waals surface area contributed by atoms with E-state index < -0.39 is 15.9 Å². The molecule has 0 aliphatic rings. The number of carbonyl (C=O) groups is 1. The van der Waals surface area contributed by atoms with Crippen LogP contribution in [0.3, 0.4) is 0 Å². The predicted octanol–water partition coefficient (Wildman–Crippen LogP) is 2.93. The molecular weight excluding hydrogens is 352 g/mol. The Bertz CT molecular complexity index is 885. The number of hydrogen-bond acceptors (Lipinski definition) is 4. The van der Waals surface area contributed by atoms with E-state index in [0.29, 0.717) is 29.2 Å². The quantitative estimate of drug-likeness (QED) is 0.778. The molecule has 0 heterocycles. The molecule has 0 aliphatic heterocycles. The second kappa shape index (κ2) is 8.33. The zero-order valence-corrected chi connectivity index (χ0v) is 16.2. The van der Waals surface area contributed by atoms with E-state index in [1.165, 1.54) is 0 Å². The average molecular weight is 376 g/mol.